The second-order valence-corrected chi connectivity index (χ2v) is 4.83. The topological polar surface area (TPSA) is 29.3 Å². The third-order valence-electron chi connectivity index (χ3n) is 3.26. The maximum Gasteiger partial charge on any atom is 0.0455 e. The van der Waals surface area contributed by atoms with E-state index in [9.17, 15) is 0 Å². The molecule has 0 saturated carbocycles. The van der Waals surface area contributed by atoms with Gasteiger partial charge in [-0.15, -0.1) is 0 Å². The van der Waals surface area contributed by atoms with Gasteiger partial charge in [-0.25, -0.2) is 0 Å². The normalized spacial score (nSPS) is 45.8. The van der Waals surface area contributed by atoms with Gasteiger partial charge in [0.2, 0.25) is 0 Å². The second-order valence-electron chi connectivity index (χ2n) is 3.72. The van der Waals surface area contributed by atoms with Crippen LogP contribution < -0.4 is 5.73 Å². The Labute approximate surface area is 72.5 Å². The van der Waals surface area contributed by atoms with Gasteiger partial charge in [0.25, 0.3) is 0 Å². The predicted molar refractivity (Wildman–Crippen MR) is 49.9 cm³/mol. The van der Waals surface area contributed by atoms with Gasteiger partial charge >= 0.3 is 0 Å². The Morgan fingerprint density at radius 2 is 2.45 bits per heavy atom. The average Bonchev–Trinajstić information content (AvgIpc) is 2.56. The highest BCUT2D eigenvalue weighted by Gasteiger charge is 2.47. The van der Waals surface area contributed by atoms with Gasteiger partial charge in [-0.1, -0.05) is 0 Å². The second kappa shape index (κ2) is 2.64. The van der Waals surface area contributed by atoms with E-state index in [0.29, 0.717) is 11.6 Å². The molecular formula is C8H16N2S. The Bertz CT molecular complexity index is 142. The van der Waals surface area contributed by atoms with Gasteiger partial charge < -0.3 is 5.73 Å². The molecule has 2 nitrogen and oxygen atoms in total. The molecular weight excluding hydrogens is 156 g/mol. The van der Waals surface area contributed by atoms with Crippen LogP contribution in [0.4, 0.5) is 0 Å². The first kappa shape index (κ1) is 7.90. The van der Waals surface area contributed by atoms with Crippen molar-refractivity contribution < 1.29 is 0 Å². The summed E-state index contributed by atoms with van der Waals surface area (Å²) >= 11 is 2.06. The number of hydrogen-bond acceptors (Lipinski definition) is 3. The van der Waals surface area contributed by atoms with Crippen molar-refractivity contribution in [1.29, 1.82) is 0 Å². The van der Waals surface area contributed by atoms with Crippen molar-refractivity contribution >= 4 is 11.8 Å². The number of thioether (sulfide) groups is 1. The van der Waals surface area contributed by atoms with Crippen molar-refractivity contribution in [3.8, 4) is 0 Å². The van der Waals surface area contributed by atoms with E-state index in [0.717, 1.165) is 0 Å². The molecule has 2 heterocycles. The van der Waals surface area contributed by atoms with Crippen LogP contribution in [0.25, 0.3) is 0 Å². The van der Waals surface area contributed by atoms with Gasteiger partial charge in [-0.2, -0.15) is 11.8 Å². The van der Waals surface area contributed by atoms with E-state index in [1.165, 1.54) is 30.9 Å². The van der Waals surface area contributed by atoms with Gasteiger partial charge in [0.05, 0.1) is 0 Å². The first-order valence-corrected chi connectivity index (χ1v) is 5.46. The van der Waals surface area contributed by atoms with Crippen molar-refractivity contribution in [2.45, 2.75) is 24.4 Å². The molecule has 1 spiro atoms. The minimum atomic E-state index is 0.380. The maximum absolute atomic E-state index is 6.11. The van der Waals surface area contributed by atoms with E-state index in [2.05, 4.69) is 23.7 Å². The summed E-state index contributed by atoms with van der Waals surface area (Å²) in [7, 11) is 2.22. The van der Waals surface area contributed by atoms with Crippen molar-refractivity contribution in [3.05, 3.63) is 0 Å². The van der Waals surface area contributed by atoms with Gasteiger partial charge in [-0.05, 0) is 25.6 Å². The fraction of sp³-hybridized carbons (Fsp3) is 1.00. The average molecular weight is 172 g/mol. The summed E-state index contributed by atoms with van der Waals surface area (Å²) in [5.74, 6) is 2.56. The molecule has 0 aromatic rings. The van der Waals surface area contributed by atoms with Crippen LogP contribution in [0.5, 0.6) is 0 Å². The van der Waals surface area contributed by atoms with Gasteiger partial charge in [0.1, 0.15) is 0 Å². The molecule has 3 heteroatoms. The summed E-state index contributed by atoms with van der Waals surface area (Å²) in [5.41, 5.74) is 6.49. The number of likely N-dealkylation sites (N-methyl/N-ethyl adjacent to an activating group) is 1. The highest BCUT2D eigenvalue weighted by atomic mass is 32.2. The summed E-state index contributed by atoms with van der Waals surface area (Å²) in [6, 6.07) is 0.433. The van der Waals surface area contributed by atoms with Gasteiger partial charge in [0, 0.05) is 23.9 Å². The Kier molecular flexibility index (Phi) is 1.90. The summed E-state index contributed by atoms with van der Waals surface area (Å²) < 4.78 is 0. The monoisotopic (exact) mass is 172 g/mol. The van der Waals surface area contributed by atoms with Crippen LogP contribution in [0.15, 0.2) is 0 Å². The van der Waals surface area contributed by atoms with E-state index in [1.807, 2.05) is 0 Å². The van der Waals surface area contributed by atoms with Crippen molar-refractivity contribution in [2.24, 2.45) is 5.73 Å². The summed E-state index contributed by atoms with van der Waals surface area (Å²) in [6.45, 7) is 1.20. The Morgan fingerprint density at radius 1 is 1.64 bits per heavy atom. The molecule has 0 aromatic heterocycles. The third-order valence-corrected chi connectivity index (χ3v) is 4.45. The summed E-state index contributed by atoms with van der Waals surface area (Å²) in [5, 5.41) is 0. The molecule has 2 saturated heterocycles. The molecule has 11 heavy (non-hydrogen) atoms. The van der Waals surface area contributed by atoms with Crippen LogP contribution in [0.2, 0.25) is 0 Å². The molecule has 2 aliphatic heterocycles. The highest BCUT2D eigenvalue weighted by molar-refractivity contribution is 7.99. The fourth-order valence-electron chi connectivity index (χ4n) is 2.27. The quantitative estimate of drug-likeness (QED) is 0.578. The van der Waals surface area contributed by atoms with E-state index < -0.39 is 0 Å². The van der Waals surface area contributed by atoms with E-state index in [-0.39, 0.29) is 0 Å². The molecule has 2 aliphatic rings. The van der Waals surface area contributed by atoms with E-state index in [1.54, 1.807) is 0 Å². The number of nitrogens with two attached hydrogens (primary N) is 1. The largest absolute Gasteiger partial charge is 0.326 e. The van der Waals surface area contributed by atoms with Gasteiger partial charge in [0.15, 0.2) is 0 Å². The fourth-order valence-corrected chi connectivity index (χ4v) is 3.85. The van der Waals surface area contributed by atoms with Crippen LogP contribution in [-0.4, -0.2) is 41.6 Å². The summed E-state index contributed by atoms with van der Waals surface area (Å²) in [6.07, 6.45) is 2.49. The number of rotatable bonds is 0. The van der Waals surface area contributed by atoms with Crippen LogP contribution >= 0.6 is 11.8 Å². The molecule has 2 fully saturated rings. The lowest BCUT2D eigenvalue weighted by Gasteiger charge is -2.34. The van der Waals surface area contributed by atoms with Gasteiger partial charge in [-0.3, -0.25) is 4.90 Å². The Hall–Kier alpha value is 0.270. The van der Waals surface area contributed by atoms with Crippen LogP contribution in [-0.2, 0) is 0 Å². The smallest absolute Gasteiger partial charge is 0.0455 e. The highest BCUT2D eigenvalue weighted by Crippen LogP contribution is 2.39. The van der Waals surface area contributed by atoms with Crippen LogP contribution in [0.3, 0.4) is 0 Å². The SMILES string of the molecule is CN1CCC(N)C12CCSC2. The molecule has 64 valence electrons. The van der Waals surface area contributed by atoms with Crippen molar-refractivity contribution in [3.63, 3.8) is 0 Å². The van der Waals surface area contributed by atoms with Crippen LogP contribution in [0, 0.1) is 0 Å². The third kappa shape index (κ3) is 1.02. The van der Waals surface area contributed by atoms with Crippen LogP contribution in [0.1, 0.15) is 12.8 Å². The molecule has 2 unspecified atom stereocenters. The van der Waals surface area contributed by atoms with E-state index in [4.69, 9.17) is 5.73 Å². The lowest BCUT2D eigenvalue weighted by atomic mass is 9.91. The first-order valence-electron chi connectivity index (χ1n) is 4.30. The first-order chi connectivity index (χ1) is 5.26. The molecule has 0 aliphatic carbocycles. The summed E-state index contributed by atoms with van der Waals surface area (Å²) in [4.78, 5) is 2.47. The Morgan fingerprint density at radius 3 is 2.91 bits per heavy atom. The number of hydrogen-bond donors (Lipinski definition) is 1. The predicted octanol–water partition coefficient (Wildman–Crippen LogP) is 0.525. The molecule has 0 radical (unpaired) electrons. The lowest BCUT2D eigenvalue weighted by Crippen LogP contribution is -2.52. The maximum atomic E-state index is 6.11. The Balaban J connectivity index is 2.19. The molecule has 0 amide bonds. The minimum absolute atomic E-state index is 0.380. The van der Waals surface area contributed by atoms with Crippen molar-refractivity contribution in [2.75, 3.05) is 25.1 Å². The zero-order chi connectivity index (χ0) is 7.90. The number of likely N-dealkylation sites (tertiary alicyclic amines) is 1. The molecule has 0 aromatic carbocycles. The van der Waals surface area contributed by atoms with Crippen molar-refractivity contribution in [1.82, 2.24) is 4.90 Å². The minimum Gasteiger partial charge on any atom is -0.326 e. The molecule has 2 rings (SSSR count). The lowest BCUT2D eigenvalue weighted by molar-refractivity contribution is 0.188. The van der Waals surface area contributed by atoms with E-state index >= 15 is 0 Å². The number of nitrogens with zero attached hydrogens (tertiary/aromatic N) is 1. The zero-order valence-electron chi connectivity index (χ0n) is 7.05. The standard InChI is InChI=1S/C8H16N2S/c1-10-4-2-7(9)8(10)3-5-11-6-8/h7H,2-6,9H2,1H3. The molecule has 2 atom stereocenters. The molecule has 2 N–H and O–H groups in total. The molecule has 0 bridgehead atoms. The zero-order valence-corrected chi connectivity index (χ0v) is 7.86.